The highest BCUT2D eigenvalue weighted by molar-refractivity contribution is 7.99. The first-order valence-corrected chi connectivity index (χ1v) is 10.1. The van der Waals surface area contributed by atoms with Gasteiger partial charge in [-0.2, -0.15) is 0 Å². The van der Waals surface area contributed by atoms with Crippen molar-refractivity contribution in [3.8, 4) is 5.69 Å². The van der Waals surface area contributed by atoms with Crippen molar-refractivity contribution in [2.75, 3.05) is 11.1 Å². The van der Waals surface area contributed by atoms with Crippen LogP contribution < -0.4 is 5.32 Å². The minimum absolute atomic E-state index is 0.0177. The van der Waals surface area contributed by atoms with E-state index in [1.807, 2.05) is 10.8 Å². The summed E-state index contributed by atoms with van der Waals surface area (Å²) < 4.78 is 1.99. The molecule has 144 valence electrons. The topological polar surface area (TPSA) is 64.0 Å². The fraction of sp³-hybridized carbons (Fsp3) is 0.227. The van der Waals surface area contributed by atoms with Gasteiger partial charge in [0.25, 0.3) is 0 Å². The Hall–Kier alpha value is -2.86. The summed E-state index contributed by atoms with van der Waals surface area (Å²) in [6.45, 7) is 5.79. The van der Waals surface area contributed by atoms with Crippen LogP contribution in [0, 0.1) is 0 Å². The minimum atomic E-state index is -0.136. The van der Waals surface area contributed by atoms with Gasteiger partial charge in [0.05, 0.1) is 5.75 Å². The Morgan fingerprint density at radius 2 is 1.75 bits per heavy atom. The Bertz CT molecular complexity index is 960. The van der Waals surface area contributed by atoms with E-state index in [0.29, 0.717) is 22.9 Å². The van der Waals surface area contributed by atoms with Crippen LogP contribution in [-0.4, -0.2) is 27.0 Å². The number of nitrogens with zero attached hydrogens (tertiary/aromatic N) is 2. The smallest absolute Gasteiger partial charge is 0.221 e. The second-order valence-electron chi connectivity index (χ2n) is 6.80. The van der Waals surface area contributed by atoms with Gasteiger partial charge >= 0.3 is 0 Å². The predicted molar refractivity (Wildman–Crippen MR) is 113 cm³/mol. The predicted octanol–water partition coefficient (Wildman–Crippen LogP) is 4.93. The monoisotopic (exact) mass is 393 g/mol. The molecule has 0 atom stereocenters. The van der Waals surface area contributed by atoms with E-state index in [0.717, 1.165) is 10.8 Å². The number of anilines is 1. The van der Waals surface area contributed by atoms with E-state index < -0.39 is 0 Å². The summed E-state index contributed by atoms with van der Waals surface area (Å²) in [4.78, 5) is 28.0. The molecule has 0 aliphatic heterocycles. The number of rotatable bonds is 7. The summed E-state index contributed by atoms with van der Waals surface area (Å²) >= 11 is 1.41. The van der Waals surface area contributed by atoms with Crippen LogP contribution in [0.3, 0.4) is 0 Å². The fourth-order valence-corrected chi connectivity index (χ4v) is 3.64. The number of benzene rings is 2. The van der Waals surface area contributed by atoms with Gasteiger partial charge in [-0.25, -0.2) is 4.98 Å². The highest BCUT2D eigenvalue weighted by Crippen LogP contribution is 2.23. The van der Waals surface area contributed by atoms with E-state index >= 15 is 0 Å². The lowest BCUT2D eigenvalue weighted by atomic mass is 10.0. The first kappa shape index (κ1) is 19.9. The number of imidazole rings is 1. The summed E-state index contributed by atoms with van der Waals surface area (Å²) in [5, 5.41) is 3.47. The molecule has 0 spiro atoms. The van der Waals surface area contributed by atoms with E-state index in [1.165, 1.54) is 24.2 Å². The summed E-state index contributed by atoms with van der Waals surface area (Å²) in [6.07, 6.45) is 3.64. The number of hydrogen-bond donors (Lipinski definition) is 1. The van der Waals surface area contributed by atoms with Crippen molar-refractivity contribution < 1.29 is 9.59 Å². The Kier molecular flexibility index (Phi) is 6.31. The third-order valence-corrected chi connectivity index (χ3v) is 5.27. The van der Waals surface area contributed by atoms with Crippen LogP contribution in [0.15, 0.2) is 66.1 Å². The molecule has 1 N–H and O–H groups in total. The van der Waals surface area contributed by atoms with Crippen LogP contribution in [0.5, 0.6) is 0 Å². The van der Waals surface area contributed by atoms with Crippen LogP contribution in [0.4, 0.5) is 5.69 Å². The first-order valence-electron chi connectivity index (χ1n) is 9.11. The molecule has 3 aromatic rings. The molecule has 0 saturated carbocycles. The lowest BCUT2D eigenvalue weighted by molar-refractivity contribution is -0.114. The molecule has 0 aliphatic rings. The number of carbonyl (C=O) groups is 2. The molecular formula is C22H23N3O2S. The second kappa shape index (κ2) is 8.89. The van der Waals surface area contributed by atoms with E-state index in [2.05, 4.69) is 48.4 Å². The van der Waals surface area contributed by atoms with Crippen molar-refractivity contribution in [3.05, 3.63) is 72.1 Å². The highest BCUT2D eigenvalue weighted by Gasteiger charge is 2.11. The molecule has 0 saturated heterocycles. The SMILES string of the molecule is CC(=O)Nc1ccc(C(=O)CSc2nccn2-c2ccc(C(C)C)cc2)cc1. The number of ketones is 1. The van der Waals surface area contributed by atoms with E-state index in [4.69, 9.17) is 0 Å². The molecule has 28 heavy (non-hydrogen) atoms. The van der Waals surface area contributed by atoms with Crippen LogP contribution in [0.25, 0.3) is 5.69 Å². The Balaban J connectivity index is 1.66. The summed E-state index contributed by atoms with van der Waals surface area (Å²) in [6, 6.07) is 15.3. The molecule has 0 bridgehead atoms. The molecule has 0 radical (unpaired) electrons. The van der Waals surface area contributed by atoms with Gasteiger partial charge in [0.2, 0.25) is 5.91 Å². The quantitative estimate of drug-likeness (QED) is 0.457. The van der Waals surface area contributed by atoms with E-state index in [-0.39, 0.29) is 11.7 Å². The molecular weight excluding hydrogens is 370 g/mol. The molecule has 0 fully saturated rings. The normalized spacial score (nSPS) is 10.9. The van der Waals surface area contributed by atoms with Gasteiger partial charge in [-0.15, -0.1) is 0 Å². The van der Waals surface area contributed by atoms with Crippen LogP contribution in [0.1, 0.15) is 42.6 Å². The highest BCUT2D eigenvalue weighted by atomic mass is 32.2. The molecule has 3 rings (SSSR count). The molecule has 6 heteroatoms. The maximum Gasteiger partial charge on any atom is 0.221 e. The van der Waals surface area contributed by atoms with Gasteiger partial charge in [-0.3, -0.25) is 14.2 Å². The van der Waals surface area contributed by atoms with Crippen molar-refractivity contribution in [2.24, 2.45) is 0 Å². The Morgan fingerprint density at radius 3 is 2.36 bits per heavy atom. The van der Waals surface area contributed by atoms with Crippen LogP contribution in [0.2, 0.25) is 0 Å². The molecule has 1 amide bonds. The summed E-state index contributed by atoms with van der Waals surface area (Å²) in [5.41, 5.74) is 3.60. The number of Topliss-reactive ketones (excluding diaryl/α,β-unsaturated/α-hetero) is 1. The van der Waals surface area contributed by atoms with Crippen molar-refractivity contribution in [1.29, 1.82) is 0 Å². The number of aromatic nitrogens is 2. The molecule has 1 aromatic heterocycles. The third kappa shape index (κ3) is 4.89. The van der Waals surface area contributed by atoms with Gasteiger partial charge < -0.3 is 5.32 Å². The molecule has 0 aliphatic carbocycles. The molecule has 2 aromatic carbocycles. The average molecular weight is 394 g/mol. The maximum atomic E-state index is 12.5. The van der Waals surface area contributed by atoms with E-state index in [1.54, 1.807) is 30.5 Å². The first-order chi connectivity index (χ1) is 13.4. The van der Waals surface area contributed by atoms with Gasteiger partial charge in [0.1, 0.15) is 0 Å². The van der Waals surface area contributed by atoms with Gasteiger partial charge in [-0.1, -0.05) is 37.7 Å². The van der Waals surface area contributed by atoms with Crippen molar-refractivity contribution >= 4 is 29.1 Å². The zero-order valence-electron chi connectivity index (χ0n) is 16.2. The van der Waals surface area contributed by atoms with E-state index in [9.17, 15) is 9.59 Å². The minimum Gasteiger partial charge on any atom is -0.326 e. The van der Waals surface area contributed by atoms with Gasteiger partial charge in [0.15, 0.2) is 10.9 Å². The third-order valence-electron chi connectivity index (χ3n) is 4.30. The van der Waals surface area contributed by atoms with Crippen molar-refractivity contribution in [1.82, 2.24) is 9.55 Å². The standard InChI is InChI=1S/C22H23N3O2S/c1-15(2)17-6-10-20(11-7-17)25-13-12-23-22(25)28-14-21(27)18-4-8-19(9-5-18)24-16(3)26/h4-13,15H,14H2,1-3H3,(H,24,26). The maximum absolute atomic E-state index is 12.5. The molecule has 1 heterocycles. The largest absolute Gasteiger partial charge is 0.326 e. The number of thioether (sulfide) groups is 1. The Morgan fingerprint density at radius 1 is 1.07 bits per heavy atom. The van der Waals surface area contributed by atoms with Crippen LogP contribution in [-0.2, 0) is 4.79 Å². The number of amides is 1. The number of hydrogen-bond acceptors (Lipinski definition) is 4. The fourth-order valence-electron chi connectivity index (χ4n) is 2.77. The van der Waals surface area contributed by atoms with Crippen molar-refractivity contribution in [2.45, 2.75) is 31.8 Å². The Labute approximate surface area is 169 Å². The number of nitrogens with one attached hydrogen (secondary N) is 1. The lowest BCUT2D eigenvalue weighted by Gasteiger charge is -2.10. The van der Waals surface area contributed by atoms with Gasteiger partial charge in [0, 0.05) is 36.3 Å². The van der Waals surface area contributed by atoms with Gasteiger partial charge in [-0.05, 0) is 47.9 Å². The molecule has 0 unspecified atom stereocenters. The second-order valence-corrected chi connectivity index (χ2v) is 7.74. The summed E-state index contributed by atoms with van der Waals surface area (Å²) in [7, 11) is 0. The average Bonchev–Trinajstić information content (AvgIpc) is 3.15. The zero-order chi connectivity index (χ0) is 20.1. The van der Waals surface area contributed by atoms with Crippen LogP contribution >= 0.6 is 11.8 Å². The molecule has 5 nitrogen and oxygen atoms in total. The zero-order valence-corrected chi connectivity index (χ0v) is 17.0. The number of carbonyl (C=O) groups excluding carboxylic acids is 2. The van der Waals surface area contributed by atoms with Crippen molar-refractivity contribution in [3.63, 3.8) is 0 Å². The summed E-state index contributed by atoms with van der Waals surface area (Å²) in [5.74, 6) is 0.660. The lowest BCUT2D eigenvalue weighted by Crippen LogP contribution is -2.07.